The molecule has 0 saturated carbocycles. The molecule has 0 spiro atoms. The molecule has 1 fully saturated rings. The lowest BCUT2D eigenvalue weighted by Crippen LogP contribution is -2.40. The third-order valence-corrected chi connectivity index (χ3v) is 5.17. The van der Waals surface area contributed by atoms with Crippen LogP contribution < -0.4 is 0 Å². The molecule has 3 heteroatoms. The first-order valence-corrected chi connectivity index (χ1v) is 7.93. The van der Waals surface area contributed by atoms with Crippen molar-refractivity contribution >= 4 is 16.7 Å². The van der Waals surface area contributed by atoms with Crippen molar-refractivity contribution in [1.82, 2.24) is 9.88 Å². The maximum Gasteiger partial charge on any atom is 0.178 e. The third-order valence-electron chi connectivity index (χ3n) is 5.17. The Labute approximate surface area is 126 Å². The number of carbonyl (C=O) groups is 1. The summed E-state index contributed by atoms with van der Waals surface area (Å²) in [5.41, 5.74) is 2.34. The zero-order chi connectivity index (χ0) is 14.9. The van der Waals surface area contributed by atoms with Crippen LogP contribution in [0.2, 0.25) is 0 Å². The van der Waals surface area contributed by atoms with Crippen LogP contribution in [0.4, 0.5) is 0 Å². The second kappa shape index (κ2) is 5.64. The Bertz CT molecular complexity index is 635. The summed E-state index contributed by atoms with van der Waals surface area (Å²) >= 11 is 0. The molecule has 0 radical (unpaired) electrons. The molecule has 0 bridgehead atoms. The summed E-state index contributed by atoms with van der Waals surface area (Å²) in [5.74, 6) is 0.229. The van der Waals surface area contributed by atoms with Gasteiger partial charge in [0.2, 0.25) is 0 Å². The zero-order valence-corrected chi connectivity index (χ0v) is 13.0. The zero-order valence-electron chi connectivity index (χ0n) is 13.0. The van der Waals surface area contributed by atoms with Crippen molar-refractivity contribution in [3.05, 3.63) is 36.0 Å². The van der Waals surface area contributed by atoms with Gasteiger partial charge < -0.3 is 4.98 Å². The number of likely N-dealkylation sites (tertiary alicyclic amines) is 1. The molecule has 1 aromatic heterocycles. The monoisotopic (exact) mass is 284 g/mol. The third kappa shape index (κ3) is 2.88. The van der Waals surface area contributed by atoms with Crippen LogP contribution in [0.5, 0.6) is 0 Å². The molecular weight excluding hydrogens is 260 g/mol. The second-order valence-electron chi connectivity index (χ2n) is 6.61. The summed E-state index contributed by atoms with van der Waals surface area (Å²) in [4.78, 5) is 18.1. The van der Waals surface area contributed by atoms with Gasteiger partial charge in [-0.2, -0.15) is 0 Å². The van der Waals surface area contributed by atoms with Crippen molar-refractivity contribution in [3.8, 4) is 0 Å². The van der Waals surface area contributed by atoms with E-state index in [2.05, 4.69) is 23.7 Å². The van der Waals surface area contributed by atoms with E-state index in [1.165, 1.54) is 19.3 Å². The lowest BCUT2D eigenvalue weighted by molar-refractivity contribution is 0.0814. The van der Waals surface area contributed by atoms with E-state index in [4.69, 9.17) is 0 Å². The number of nitrogens with zero attached hydrogens (tertiary/aromatic N) is 1. The van der Waals surface area contributed by atoms with Gasteiger partial charge in [0.15, 0.2) is 5.78 Å². The number of rotatable bonds is 4. The van der Waals surface area contributed by atoms with E-state index in [0.29, 0.717) is 12.0 Å². The molecule has 112 valence electrons. The minimum absolute atomic E-state index is 0.229. The van der Waals surface area contributed by atoms with Gasteiger partial charge in [0.1, 0.15) is 0 Å². The number of fused-ring (bicyclic) bond motifs is 1. The predicted octanol–water partition coefficient (Wildman–Crippen LogP) is 3.86. The van der Waals surface area contributed by atoms with E-state index >= 15 is 0 Å². The van der Waals surface area contributed by atoms with E-state index < -0.39 is 0 Å². The number of aromatic amines is 1. The molecule has 1 aliphatic heterocycles. The summed E-state index contributed by atoms with van der Waals surface area (Å²) in [5, 5.41) is 1.04. The van der Waals surface area contributed by atoms with Crippen molar-refractivity contribution < 1.29 is 4.79 Å². The molecular formula is C18H24N2O. The Balaban J connectivity index is 1.67. The number of piperidine rings is 1. The molecule has 3 nitrogen and oxygen atoms in total. The van der Waals surface area contributed by atoms with Crippen molar-refractivity contribution in [2.75, 3.05) is 19.6 Å². The van der Waals surface area contributed by atoms with Gasteiger partial charge in [-0.25, -0.2) is 0 Å². The average molecular weight is 284 g/mol. The van der Waals surface area contributed by atoms with Gasteiger partial charge in [-0.3, -0.25) is 9.69 Å². The molecule has 0 unspecified atom stereocenters. The van der Waals surface area contributed by atoms with Gasteiger partial charge in [0.25, 0.3) is 0 Å². The molecule has 1 aromatic carbocycles. The number of nitrogens with one attached hydrogen (secondary N) is 1. The van der Waals surface area contributed by atoms with E-state index in [9.17, 15) is 4.79 Å². The number of H-pyrrole nitrogens is 1. The molecule has 3 rings (SSSR count). The standard InChI is InChI=1S/C18H24N2O/c1-3-18(2)8-10-20(11-9-18)13-17(21)15-12-19-16-7-5-4-6-14(15)16/h4-7,12,19H,3,8-11,13H2,1-2H3. The highest BCUT2D eigenvalue weighted by Gasteiger charge is 2.29. The van der Waals surface area contributed by atoms with Crippen LogP contribution in [-0.2, 0) is 0 Å². The normalized spacial score (nSPS) is 19.0. The highest BCUT2D eigenvalue weighted by Crippen LogP contribution is 2.33. The fourth-order valence-electron chi connectivity index (χ4n) is 3.20. The SMILES string of the molecule is CCC1(C)CCN(CC(=O)c2c[nH]c3ccccc23)CC1. The van der Waals surface area contributed by atoms with Crippen molar-refractivity contribution in [2.24, 2.45) is 5.41 Å². The van der Waals surface area contributed by atoms with Crippen LogP contribution in [0.15, 0.2) is 30.5 Å². The number of aromatic nitrogens is 1. The molecule has 0 amide bonds. The Hall–Kier alpha value is -1.61. The molecule has 0 atom stereocenters. The van der Waals surface area contributed by atoms with E-state index in [1.807, 2.05) is 30.5 Å². The Morgan fingerprint density at radius 1 is 1.29 bits per heavy atom. The Morgan fingerprint density at radius 2 is 2.00 bits per heavy atom. The highest BCUT2D eigenvalue weighted by atomic mass is 16.1. The minimum atomic E-state index is 0.229. The summed E-state index contributed by atoms with van der Waals surface area (Å²) in [6.07, 6.45) is 5.49. The van der Waals surface area contributed by atoms with Crippen LogP contribution in [0.3, 0.4) is 0 Å². The molecule has 1 saturated heterocycles. The lowest BCUT2D eigenvalue weighted by atomic mass is 9.78. The van der Waals surface area contributed by atoms with E-state index in [0.717, 1.165) is 29.6 Å². The molecule has 21 heavy (non-hydrogen) atoms. The predicted molar refractivity (Wildman–Crippen MR) is 86.7 cm³/mol. The first-order valence-electron chi connectivity index (χ1n) is 7.93. The summed E-state index contributed by atoms with van der Waals surface area (Å²) in [7, 11) is 0. The van der Waals surface area contributed by atoms with Crippen LogP contribution in [0.25, 0.3) is 10.9 Å². The maximum absolute atomic E-state index is 12.6. The van der Waals surface area contributed by atoms with Crippen LogP contribution >= 0.6 is 0 Å². The Kier molecular flexibility index (Phi) is 3.85. The number of carbonyl (C=O) groups excluding carboxylic acids is 1. The van der Waals surface area contributed by atoms with E-state index in [-0.39, 0.29) is 5.78 Å². The fraction of sp³-hybridized carbons (Fsp3) is 0.500. The van der Waals surface area contributed by atoms with Gasteiger partial charge in [-0.05, 0) is 37.4 Å². The summed E-state index contributed by atoms with van der Waals surface area (Å²) in [6.45, 7) is 7.26. The van der Waals surface area contributed by atoms with Crippen LogP contribution in [0.1, 0.15) is 43.5 Å². The van der Waals surface area contributed by atoms with Gasteiger partial charge >= 0.3 is 0 Å². The minimum Gasteiger partial charge on any atom is -0.360 e. The molecule has 2 heterocycles. The van der Waals surface area contributed by atoms with Crippen molar-refractivity contribution in [2.45, 2.75) is 33.1 Å². The van der Waals surface area contributed by atoms with E-state index in [1.54, 1.807) is 0 Å². The quantitative estimate of drug-likeness (QED) is 0.865. The number of para-hydroxylation sites is 1. The van der Waals surface area contributed by atoms with Gasteiger partial charge in [-0.1, -0.05) is 38.5 Å². The second-order valence-corrected chi connectivity index (χ2v) is 6.61. The number of Topliss-reactive ketones (excluding diaryl/α,β-unsaturated/α-hetero) is 1. The topological polar surface area (TPSA) is 36.1 Å². The Morgan fingerprint density at radius 3 is 2.71 bits per heavy atom. The molecule has 0 aliphatic carbocycles. The summed E-state index contributed by atoms with van der Waals surface area (Å²) in [6, 6.07) is 8.01. The largest absolute Gasteiger partial charge is 0.360 e. The van der Waals surface area contributed by atoms with Gasteiger partial charge in [0, 0.05) is 22.7 Å². The first kappa shape index (κ1) is 14.3. The maximum atomic E-state index is 12.6. The number of benzene rings is 1. The lowest BCUT2D eigenvalue weighted by Gasteiger charge is -2.38. The number of hydrogen-bond donors (Lipinski definition) is 1. The number of hydrogen-bond acceptors (Lipinski definition) is 2. The fourth-order valence-corrected chi connectivity index (χ4v) is 3.20. The highest BCUT2D eigenvalue weighted by molar-refractivity contribution is 6.08. The molecule has 2 aromatic rings. The smallest absolute Gasteiger partial charge is 0.178 e. The molecule has 1 N–H and O–H groups in total. The van der Waals surface area contributed by atoms with Crippen molar-refractivity contribution in [3.63, 3.8) is 0 Å². The van der Waals surface area contributed by atoms with Crippen LogP contribution in [0, 0.1) is 5.41 Å². The van der Waals surface area contributed by atoms with Crippen molar-refractivity contribution in [1.29, 1.82) is 0 Å². The van der Waals surface area contributed by atoms with Gasteiger partial charge in [-0.15, -0.1) is 0 Å². The summed E-state index contributed by atoms with van der Waals surface area (Å²) < 4.78 is 0. The first-order chi connectivity index (χ1) is 10.1. The average Bonchev–Trinajstić information content (AvgIpc) is 2.94. The van der Waals surface area contributed by atoms with Gasteiger partial charge in [0.05, 0.1) is 6.54 Å². The molecule has 1 aliphatic rings. The number of ketones is 1. The van der Waals surface area contributed by atoms with Crippen LogP contribution in [-0.4, -0.2) is 35.3 Å².